The molecule has 0 aliphatic rings. The average Bonchev–Trinajstić information content (AvgIpc) is 2.29. The van der Waals surface area contributed by atoms with Crippen LogP contribution in [0, 0.1) is 5.82 Å². The van der Waals surface area contributed by atoms with Gasteiger partial charge in [-0.05, 0) is 46.1 Å². The molecule has 1 aromatic rings. The first-order chi connectivity index (χ1) is 8.40. The summed E-state index contributed by atoms with van der Waals surface area (Å²) in [4.78, 5) is 2.18. The number of halogens is 1. The van der Waals surface area contributed by atoms with Crippen LogP contribution < -0.4 is 10.1 Å². The molecule has 4 heteroatoms. The second-order valence-electron chi connectivity index (χ2n) is 5.15. The summed E-state index contributed by atoms with van der Waals surface area (Å²) in [5, 5.41) is 3.17. The molecule has 1 N–H and O–H groups in total. The molecule has 0 unspecified atom stereocenters. The van der Waals surface area contributed by atoms with Crippen molar-refractivity contribution in [3.8, 4) is 5.75 Å². The smallest absolute Gasteiger partial charge is 0.123 e. The van der Waals surface area contributed by atoms with Gasteiger partial charge in [0, 0.05) is 24.2 Å². The summed E-state index contributed by atoms with van der Waals surface area (Å²) in [5.74, 6) is 0.495. The van der Waals surface area contributed by atoms with Crippen LogP contribution in [0.15, 0.2) is 18.2 Å². The van der Waals surface area contributed by atoms with E-state index in [-0.39, 0.29) is 11.4 Å². The highest BCUT2D eigenvalue weighted by Crippen LogP contribution is 2.23. The topological polar surface area (TPSA) is 24.5 Å². The Morgan fingerprint density at radius 1 is 1.39 bits per heavy atom. The molecule has 3 nitrogen and oxygen atoms in total. The van der Waals surface area contributed by atoms with Gasteiger partial charge in [-0.3, -0.25) is 4.90 Å². The fourth-order valence-electron chi connectivity index (χ4n) is 1.91. The maximum atomic E-state index is 13.3. The number of methoxy groups -OCH3 is 1. The van der Waals surface area contributed by atoms with E-state index < -0.39 is 0 Å². The van der Waals surface area contributed by atoms with Crippen LogP contribution in [-0.2, 0) is 6.54 Å². The van der Waals surface area contributed by atoms with Crippen molar-refractivity contribution in [3.63, 3.8) is 0 Å². The summed E-state index contributed by atoms with van der Waals surface area (Å²) in [6.07, 6.45) is 0. The first-order valence-corrected chi connectivity index (χ1v) is 6.09. The van der Waals surface area contributed by atoms with Crippen LogP contribution in [-0.4, -0.2) is 38.2 Å². The van der Waals surface area contributed by atoms with Crippen molar-refractivity contribution < 1.29 is 9.13 Å². The predicted molar refractivity (Wildman–Crippen MR) is 72.4 cm³/mol. The number of nitrogens with zero attached hydrogens (tertiary/aromatic N) is 1. The van der Waals surface area contributed by atoms with Crippen molar-refractivity contribution in [1.29, 1.82) is 0 Å². The third-order valence-corrected chi connectivity index (χ3v) is 3.29. The van der Waals surface area contributed by atoms with E-state index in [1.807, 2.05) is 14.1 Å². The highest BCUT2D eigenvalue weighted by atomic mass is 19.1. The Kier molecular flexibility index (Phi) is 5.11. The summed E-state index contributed by atoms with van der Waals surface area (Å²) < 4.78 is 18.6. The standard InChI is InChI=1S/C14H23FN2O/c1-14(2,10-16-3)17(4)9-11-8-12(15)6-7-13(11)18-5/h6-8,16H,9-10H2,1-5H3. The van der Waals surface area contributed by atoms with Gasteiger partial charge in [-0.15, -0.1) is 0 Å². The number of benzene rings is 1. The Morgan fingerprint density at radius 2 is 2.06 bits per heavy atom. The van der Waals surface area contributed by atoms with Gasteiger partial charge in [0.2, 0.25) is 0 Å². The molecule has 0 spiro atoms. The van der Waals surface area contributed by atoms with Crippen LogP contribution >= 0.6 is 0 Å². The first kappa shape index (κ1) is 14.9. The molecule has 0 amide bonds. The van der Waals surface area contributed by atoms with Gasteiger partial charge >= 0.3 is 0 Å². The molecule has 0 aromatic heterocycles. The van der Waals surface area contributed by atoms with Gasteiger partial charge in [0.15, 0.2) is 0 Å². The number of rotatable bonds is 6. The zero-order chi connectivity index (χ0) is 13.8. The number of nitrogens with one attached hydrogen (secondary N) is 1. The predicted octanol–water partition coefficient (Wildman–Crippen LogP) is 2.26. The Bertz CT molecular complexity index is 393. The maximum absolute atomic E-state index is 13.3. The maximum Gasteiger partial charge on any atom is 0.123 e. The minimum Gasteiger partial charge on any atom is -0.496 e. The van der Waals surface area contributed by atoms with E-state index in [0.717, 1.165) is 17.9 Å². The molecule has 0 aliphatic heterocycles. The van der Waals surface area contributed by atoms with Gasteiger partial charge in [0.05, 0.1) is 7.11 Å². The molecule has 0 radical (unpaired) electrons. The fourth-order valence-corrected chi connectivity index (χ4v) is 1.91. The van der Waals surface area contributed by atoms with Crippen LogP contribution in [0.25, 0.3) is 0 Å². The zero-order valence-corrected chi connectivity index (χ0v) is 11.9. The minimum atomic E-state index is -0.231. The lowest BCUT2D eigenvalue weighted by Gasteiger charge is -2.35. The van der Waals surface area contributed by atoms with E-state index in [1.54, 1.807) is 13.2 Å². The zero-order valence-electron chi connectivity index (χ0n) is 11.9. The molecule has 0 saturated heterocycles. The van der Waals surface area contributed by atoms with Gasteiger partial charge in [0.1, 0.15) is 11.6 Å². The molecular formula is C14H23FN2O. The lowest BCUT2D eigenvalue weighted by atomic mass is 10.0. The fraction of sp³-hybridized carbons (Fsp3) is 0.571. The number of hydrogen-bond acceptors (Lipinski definition) is 3. The molecule has 0 bridgehead atoms. The Balaban J connectivity index is 2.86. The number of hydrogen-bond donors (Lipinski definition) is 1. The van der Waals surface area contributed by atoms with Gasteiger partial charge in [-0.2, -0.15) is 0 Å². The molecule has 102 valence electrons. The number of ether oxygens (including phenoxy) is 1. The summed E-state index contributed by atoms with van der Waals surface area (Å²) in [6.45, 7) is 5.81. The first-order valence-electron chi connectivity index (χ1n) is 6.09. The molecule has 0 heterocycles. The van der Waals surface area contributed by atoms with Crippen molar-refractivity contribution in [3.05, 3.63) is 29.6 Å². The van der Waals surface area contributed by atoms with Crippen LogP contribution in [0.2, 0.25) is 0 Å². The molecule has 1 aromatic carbocycles. The third-order valence-electron chi connectivity index (χ3n) is 3.29. The summed E-state index contributed by atoms with van der Waals surface area (Å²) >= 11 is 0. The monoisotopic (exact) mass is 254 g/mol. The van der Waals surface area contributed by atoms with E-state index in [4.69, 9.17) is 4.74 Å². The molecular weight excluding hydrogens is 231 g/mol. The van der Waals surface area contributed by atoms with E-state index >= 15 is 0 Å². The highest BCUT2D eigenvalue weighted by Gasteiger charge is 2.23. The van der Waals surface area contributed by atoms with Crippen LogP contribution in [0.1, 0.15) is 19.4 Å². The van der Waals surface area contributed by atoms with Gasteiger partial charge in [-0.25, -0.2) is 4.39 Å². The summed E-state index contributed by atoms with van der Waals surface area (Å²) in [5.41, 5.74) is 0.857. The number of likely N-dealkylation sites (N-methyl/N-ethyl adjacent to an activating group) is 2. The Labute approximate surface area is 109 Å². The normalized spacial score (nSPS) is 11.9. The minimum absolute atomic E-state index is 0.00786. The molecule has 0 atom stereocenters. The largest absolute Gasteiger partial charge is 0.496 e. The lowest BCUT2D eigenvalue weighted by Crippen LogP contribution is -2.47. The van der Waals surface area contributed by atoms with Crippen molar-refractivity contribution in [2.24, 2.45) is 0 Å². The van der Waals surface area contributed by atoms with Crippen molar-refractivity contribution in [2.45, 2.75) is 25.9 Å². The SMILES string of the molecule is CNCC(C)(C)N(C)Cc1cc(F)ccc1OC. The van der Waals surface area contributed by atoms with E-state index in [9.17, 15) is 4.39 Å². The van der Waals surface area contributed by atoms with E-state index in [1.165, 1.54) is 12.1 Å². The van der Waals surface area contributed by atoms with Crippen molar-refractivity contribution >= 4 is 0 Å². The molecule has 18 heavy (non-hydrogen) atoms. The third kappa shape index (κ3) is 3.68. The second-order valence-corrected chi connectivity index (χ2v) is 5.15. The quantitative estimate of drug-likeness (QED) is 0.843. The van der Waals surface area contributed by atoms with Gasteiger partial charge in [-0.1, -0.05) is 0 Å². The van der Waals surface area contributed by atoms with Crippen molar-refractivity contribution in [1.82, 2.24) is 10.2 Å². The molecule has 1 rings (SSSR count). The van der Waals surface area contributed by atoms with Crippen LogP contribution in [0.3, 0.4) is 0 Å². The van der Waals surface area contributed by atoms with Gasteiger partial charge < -0.3 is 10.1 Å². The van der Waals surface area contributed by atoms with Crippen molar-refractivity contribution in [2.75, 3.05) is 27.7 Å². The molecule has 0 aliphatic carbocycles. The Hall–Kier alpha value is -1.13. The Morgan fingerprint density at radius 3 is 2.61 bits per heavy atom. The van der Waals surface area contributed by atoms with E-state index in [0.29, 0.717) is 6.54 Å². The molecule has 0 fully saturated rings. The average molecular weight is 254 g/mol. The summed E-state index contributed by atoms with van der Waals surface area (Å²) in [6, 6.07) is 4.62. The van der Waals surface area contributed by atoms with Crippen LogP contribution in [0.5, 0.6) is 5.75 Å². The van der Waals surface area contributed by atoms with Gasteiger partial charge in [0.25, 0.3) is 0 Å². The summed E-state index contributed by atoms with van der Waals surface area (Å²) in [7, 11) is 5.57. The van der Waals surface area contributed by atoms with E-state index in [2.05, 4.69) is 24.1 Å². The van der Waals surface area contributed by atoms with Crippen LogP contribution in [0.4, 0.5) is 4.39 Å². The molecule has 0 saturated carbocycles. The highest BCUT2D eigenvalue weighted by molar-refractivity contribution is 5.33. The second kappa shape index (κ2) is 6.16. The lowest BCUT2D eigenvalue weighted by molar-refractivity contribution is 0.146.